The van der Waals surface area contributed by atoms with Crippen LogP contribution in [0.2, 0.25) is 0 Å². The number of hydrogen-bond donors (Lipinski definition) is 0. The van der Waals surface area contributed by atoms with Crippen LogP contribution in [-0.2, 0) is 4.79 Å². The van der Waals surface area contributed by atoms with E-state index in [1.54, 1.807) is 11.8 Å². The van der Waals surface area contributed by atoms with Gasteiger partial charge in [-0.05, 0) is 30.7 Å². The highest BCUT2D eigenvalue weighted by molar-refractivity contribution is 7.98. The highest BCUT2D eigenvalue weighted by Gasteiger charge is 2.24. The van der Waals surface area contributed by atoms with Gasteiger partial charge in [-0.2, -0.15) is 0 Å². The second kappa shape index (κ2) is 4.66. The Morgan fingerprint density at radius 2 is 2.47 bits per heavy atom. The Morgan fingerprint density at radius 3 is 3.07 bits per heavy atom. The van der Waals surface area contributed by atoms with Crippen molar-refractivity contribution in [3.63, 3.8) is 0 Å². The molecule has 2 heterocycles. The molecule has 0 radical (unpaired) electrons. The molecule has 3 nitrogen and oxygen atoms in total. The van der Waals surface area contributed by atoms with Gasteiger partial charge in [-0.25, -0.2) is 4.98 Å². The number of thioether (sulfide) groups is 1. The summed E-state index contributed by atoms with van der Waals surface area (Å²) in [5.74, 6) is 0. The van der Waals surface area contributed by atoms with Gasteiger partial charge < -0.3 is 4.90 Å². The van der Waals surface area contributed by atoms with Crippen molar-refractivity contribution < 1.29 is 4.79 Å². The minimum Gasteiger partial charge on any atom is -0.338 e. The lowest BCUT2D eigenvalue weighted by atomic mass is 10.1. The maximum Gasteiger partial charge on any atom is 0.210 e. The van der Waals surface area contributed by atoms with Gasteiger partial charge in [0.1, 0.15) is 0 Å². The molecule has 1 amide bonds. The van der Waals surface area contributed by atoms with Crippen molar-refractivity contribution in [3.05, 3.63) is 23.9 Å². The topological polar surface area (TPSA) is 33.2 Å². The standard InChI is InChI=1S/C11H14N2OS/c1-15-11-5-4-9(7-12-11)10-3-2-6-13(10)8-14/h4-5,7-8,10H,2-3,6H2,1H3. The Bertz CT molecular complexity index is 339. The predicted molar refractivity (Wildman–Crippen MR) is 60.8 cm³/mol. The third-order valence-corrected chi connectivity index (χ3v) is 3.44. The van der Waals surface area contributed by atoms with Crippen LogP contribution in [0.3, 0.4) is 0 Å². The molecule has 0 saturated carbocycles. The number of hydrogen-bond acceptors (Lipinski definition) is 3. The highest BCUT2D eigenvalue weighted by atomic mass is 32.2. The van der Waals surface area contributed by atoms with Crippen LogP contribution in [0.25, 0.3) is 0 Å². The average molecular weight is 222 g/mol. The third kappa shape index (κ3) is 2.15. The molecule has 1 aliphatic rings. The van der Waals surface area contributed by atoms with Gasteiger partial charge in [0.05, 0.1) is 11.1 Å². The van der Waals surface area contributed by atoms with E-state index in [-0.39, 0.29) is 6.04 Å². The largest absolute Gasteiger partial charge is 0.338 e. The Morgan fingerprint density at radius 1 is 1.60 bits per heavy atom. The van der Waals surface area contributed by atoms with Crippen LogP contribution in [0, 0.1) is 0 Å². The van der Waals surface area contributed by atoms with Gasteiger partial charge >= 0.3 is 0 Å². The maximum absolute atomic E-state index is 10.8. The summed E-state index contributed by atoms with van der Waals surface area (Å²) in [5.41, 5.74) is 1.15. The summed E-state index contributed by atoms with van der Waals surface area (Å²) >= 11 is 1.63. The SMILES string of the molecule is CSc1ccc(C2CCCN2C=O)cn1. The molecule has 1 aromatic heterocycles. The first kappa shape index (κ1) is 10.5. The second-order valence-corrected chi connectivity index (χ2v) is 4.46. The Balaban J connectivity index is 2.17. The van der Waals surface area contributed by atoms with Gasteiger partial charge in [0.15, 0.2) is 0 Å². The summed E-state index contributed by atoms with van der Waals surface area (Å²) in [6.45, 7) is 0.873. The van der Waals surface area contributed by atoms with Crippen molar-refractivity contribution in [2.45, 2.75) is 23.9 Å². The maximum atomic E-state index is 10.8. The van der Waals surface area contributed by atoms with Crippen LogP contribution in [0.5, 0.6) is 0 Å². The molecule has 1 atom stereocenters. The highest BCUT2D eigenvalue weighted by Crippen LogP contribution is 2.30. The number of aromatic nitrogens is 1. The molecule has 0 spiro atoms. The molecule has 80 valence electrons. The molecule has 1 aromatic rings. The van der Waals surface area contributed by atoms with Gasteiger partial charge in [0, 0.05) is 12.7 Å². The first-order chi connectivity index (χ1) is 7.35. The Labute approximate surface area is 93.9 Å². The Kier molecular flexibility index (Phi) is 3.26. The van der Waals surface area contributed by atoms with E-state index < -0.39 is 0 Å². The average Bonchev–Trinajstić information content (AvgIpc) is 2.77. The molecule has 1 saturated heterocycles. The molecule has 0 aliphatic carbocycles. The van der Waals surface area contributed by atoms with Crippen molar-refractivity contribution in [3.8, 4) is 0 Å². The fraction of sp³-hybridized carbons (Fsp3) is 0.455. The quantitative estimate of drug-likeness (QED) is 0.580. The van der Waals surface area contributed by atoms with Crippen LogP contribution in [-0.4, -0.2) is 29.1 Å². The van der Waals surface area contributed by atoms with Gasteiger partial charge in [-0.3, -0.25) is 4.79 Å². The number of amides is 1. The molecule has 4 heteroatoms. The Hall–Kier alpha value is -1.03. The lowest BCUT2D eigenvalue weighted by Crippen LogP contribution is -2.21. The summed E-state index contributed by atoms with van der Waals surface area (Å²) < 4.78 is 0. The monoisotopic (exact) mass is 222 g/mol. The van der Waals surface area contributed by atoms with Crippen LogP contribution in [0.1, 0.15) is 24.4 Å². The molecule has 1 unspecified atom stereocenters. The third-order valence-electron chi connectivity index (χ3n) is 2.78. The van der Waals surface area contributed by atoms with E-state index in [0.717, 1.165) is 36.4 Å². The van der Waals surface area contributed by atoms with E-state index in [4.69, 9.17) is 0 Å². The zero-order valence-electron chi connectivity index (χ0n) is 8.72. The number of carbonyl (C=O) groups excluding carboxylic acids is 1. The number of nitrogens with zero attached hydrogens (tertiary/aromatic N) is 2. The number of carbonyl (C=O) groups is 1. The van der Waals surface area contributed by atoms with Crippen molar-refractivity contribution >= 4 is 18.2 Å². The van der Waals surface area contributed by atoms with Crippen LogP contribution >= 0.6 is 11.8 Å². The molecule has 0 aromatic carbocycles. The fourth-order valence-corrected chi connectivity index (χ4v) is 2.35. The fourth-order valence-electron chi connectivity index (χ4n) is 1.98. The summed E-state index contributed by atoms with van der Waals surface area (Å²) in [4.78, 5) is 17.0. The molecule has 1 aliphatic heterocycles. The lowest BCUT2D eigenvalue weighted by Gasteiger charge is -2.19. The van der Waals surface area contributed by atoms with Crippen LogP contribution in [0.15, 0.2) is 23.4 Å². The first-order valence-electron chi connectivity index (χ1n) is 5.06. The normalized spacial score (nSPS) is 20.6. The molecule has 2 rings (SSSR count). The molecule has 0 N–H and O–H groups in total. The van der Waals surface area contributed by atoms with E-state index in [1.165, 1.54) is 0 Å². The smallest absolute Gasteiger partial charge is 0.210 e. The second-order valence-electron chi connectivity index (χ2n) is 3.64. The van der Waals surface area contributed by atoms with E-state index in [2.05, 4.69) is 11.1 Å². The summed E-state index contributed by atoms with van der Waals surface area (Å²) in [6, 6.07) is 4.33. The van der Waals surface area contributed by atoms with E-state index in [9.17, 15) is 4.79 Å². The number of likely N-dealkylation sites (tertiary alicyclic amines) is 1. The van der Waals surface area contributed by atoms with E-state index in [1.807, 2.05) is 23.4 Å². The predicted octanol–water partition coefficient (Wildman–Crippen LogP) is 2.10. The van der Waals surface area contributed by atoms with Crippen LogP contribution < -0.4 is 0 Å². The van der Waals surface area contributed by atoms with Gasteiger partial charge in [0.25, 0.3) is 0 Å². The summed E-state index contributed by atoms with van der Waals surface area (Å²) in [5, 5.41) is 1.02. The number of rotatable bonds is 3. The molecule has 15 heavy (non-hydrogen) atoms. The lowest BCUT2D eigenvalue weighted by molar-refractivity contribution is -0.118. The van der Waals surface area contributed by atoms with Crippen molar-refractivity contribution in [2.24, 2.45) is 0 Å². The number of pyridine rings is 1. The van der Waals surface area contributed by atoms with Gasteiger partial charge in [-0.1, -0.05) is 6.07 Å². The minimum atomic E-state index is 0.242. The van der Waals surface area contributed by atoms with Crippen molar-refractivity contribution in [1.82, 2.24) is 9.88 Å². The summed E-state index contributed by atoms with van der Waals surface area (Å²) in [7, 11) is 0. The van der Waals surface area contributed by atoms with E-state index >= 15 is 0 Å². The molecular weight excluding hydrogens is 208 g/mol. The van der Waals surface area contributed by atoms with Gasteiger partial charge in [0.2, 0.25) is 6.41 Å². The van der Waals surface area contributed by atoms with Crippen molar-refractivity contribution in [2.75, 3.05) is 12.8 Å². The zero-order chi connectivity index (χ0) is 10.7. The zero-order valence-corrected chi connectivity index (χ0v) is 9.54. The molecule has 1 fully saturated rings. The van der Waals surface area contributed by atoms with Crippen molar-refractivity contribution in [1.29, 1.82) is 0 Å². The molecular formula is C11H14N2OS. The summed E-state index contributed by atoms with van der Waals surface area (Å²) in [6.07, 6.45) is 6.99. The van der Waals surface area contributed by atoms with Crippen LogP contribution in [0.4, 0.5) is 0 Å². The minimum absolute atomic E-state index is 0.242. The van der Waals surface area contributed by atoms with Gasteiger partial charge in [-0.15, -0.1) is 11.8 Å². The molecule has 0 bridgehead atoms. The first-order valence-corrected chi connectivity index (χ1v) is 6.28. The van der Waals surface area contributed by atoms with E-state index in [0.29, 0.717) is 0 Å².